The monoisotopic (exact) mass is 504 g/mol. The molecule has 0 aliphatic rings. The van der Waals surface area contributed by atoms with Crippen molar-refractivity contribution in [1.82, 2.24) is 10.5 Å². The maximum absolute atomic E-state index is 13.5. The van der Waals surface area contributed by atoms with Gasteiger partial charge in [0.15, 0.2) is 11.0 Å². The lowest BCUT2D eigenvalue weighted by atomic mass is 9.96. The fourth-order valence-corrected chi connectivity index (χ4v) is 5.94. The molecule has 1 heterocycles. The van der Waals surface area contributed by atoms with E-state index in [2.05, 4.69) is 15.6 Å². The van der Waals surface area contributed by atoms with Crippen LogP contribution in [0.5, 0.6) is 0 Å². The van der Waals surface area contributed by atoms with Crippen LogP contribution in [0, 0.1) is 0 Å². The molecule has 3 aromatic rings. The minimum absolute atomic E-state index is 0.0288. The molecule has 1 unspecified atom stereocenters. The number of alkyl halides is 3. The van der Waals surface area contributed by atoms with Crippen molar-refractivity contribution in [2.24, 2.45) is 27.6 Å². The number of benzene rings is 2. The van der Waals surface area contributed by atoms with Crippen LogP contribution in [0.25, 0.3) is 21.3 Å². The number of thiazole rings is 1. The molecule has 0 radical (unpaired) electrons. The second kappa shape index (κ2) is 9.60. The summed E-state index contributed by atoms with van der Waals surface area (Å²) in [5.41, 5.74) is 19.6. The predicted molar refractivity (Wildman–Crippen MR) is 123 cm³/mol. The Hall–Kier alpha value is -2.43. The SMILES string of the molecule is NCCS(=O)c1ccc(-c2ccc(C(F)(F)F)c3sc(N)nc23)c(/C(N)=N/NN)c1SN. The van der Waals surface area contributed by atoms with E-state index in [1.54, 1.807) is 12.1 Å². The van der Waals surface area contributed by atoms with Crippen LogP contribution in [0.2, 0.25) is 0 Å². The van der Waals surface area contributed by atoms with Gasteiger partial charge in [0.2, 0.25) is 0 Å². The number of halogens is 3. The molecule has 32 heavy (non-hydrogen) atoms. The molecule has 2 aromatic carbocycles. The number of nitrogen functional groups attached to an aromatic ring is 1. The zero-order valence-corrected chi connectivity index (χ0v) is 18.7. The van der Waals surface area contributed by atoms with Crippen LogP contribution in [-0.4, -0.2) is 27.3 Å². The topological polar surface area (TPSA) is 184 Å². The van der Waals surface area contributed by atoms with Gasteiger partial charge in [-0.2, -0.15) is 13.2 Å². The van der Waals surface area contributed by atoms with Crippen molar-refractivity contribution in [3.05, 3.63) is 35.4 Å². The van der Waals surface area contributed by atoms with Crippen molar-refractivity contribution in [2.75, 3.05) is 18.0 Å². The van der Waals surface area contributed by atoms with Crippen LogP contribution in [0.4, 0.5) is 18.3 Å². The lowest BCUT2D eigenvalue weighted by Crippen LogP contribution is -2.25. The molecule has 1 atom stereocenters. The Kier molecular flexibility index (Phi) is 7.26. The van der Waals surface area contributed by atoms with Gasteiger partial charge in [-0.25, -0.2) is 16.4 Å². The Bertz CT molecular complexity index is 1210. The maximum Gasteiger partial charge on any atom is 0.417 e. The van der Waals surface area contributed by atoms with Gasteiger partial charge in [-0.1, -0.05) is 23.5 Å². The zero-order chi connectivity index (χ0) is 23.6. The van der Waals surface area contributed by atoms with Crippen LogP contribution in [0.1, 0.15) is 11.1 Å². The summed E-state index contributed by atoms with van der Waals surface area (Å²) in [5, 5.41) is 9.63. The minimum Gasteiger partial charge on any atom is -0.382 e. The molecule has 0 aliphatic heterocycles. The van der Waals surface area contributed by atoms with Gasteiger partial charge >= 0.3 is 6.18 Å². The van der Waals surface area contributed by atoms with Crippen molar-refractivity contribution in [2.45, 2.75) is 16.0 Å². The molecule has 0 aliphatic carbocycles. The van der Waals surface area contributed by atoms with Crippen LogP contribution in [0.15, 0.2) is 39.2 Å². The molecule has 0 amide bonds. The number of hydrogen-bond donors (Lipinski definition) is 6. The molecule has 172 valence electrons. The van der Waals surface area contributed by atoms with E-state index in [1.807, 2.05) is 0 Å². The quantitative estimate of drug-likeness (QED) is 0.0915. The minimum atomic E-state index is -4.59. The van der Waals surface area contributed by atoms with Crippen molar-refractivity contribution in [3.8, 4) is 11.1 Å². The average molecular weight is 505 g/mol. The number of anilines is 1. The number of aromatic nitrogens is 1. The number of rotatable bonds is 7. The molecule has 0 spiro atoms. The number of nitrogens with one attached hydrogen (secondary N) is 1. The Morgan fingerprint density at radius 3 is 2.53 bits per heavy atom. The lowest BCUT2D eigenvalue weighted by Gasteiger charge is -2.18. The number of fused-ring (bicyclic) bond motifs is 1. The first-order valence-electron chi connectivity index (χ1n) is 8.81. The summed E-state index contributed by atoms with van der Waals surface area (Å²) < 4.78 is 53.1. The van der Waals surface area contributed by atoms with E-state index in [1.165, 1.54) is 6.07 Å². The summed E-state index contributed by atoms with van der Waals surface area (Å²) >= 11 is 1.50. The van der Waals surface area contributed by atoms with E-state index < -0.39 is 22.5 Å². The van der Waals surface area contributed by atoms with Gasteiger partial charge in [-0.15, -0.1) is 5.10 Å². The van der Waals surface area contributed by atoms with Crippen LogP contribution in [-0.2, 0) is 17.0 Å². The molecule has 3 rings (SSSR count). The molecular formula is C17H19F3N8OS3. The normalized spacial score (nSPS) is 13.5. The highest BCUT2D eigenvalue weighted by Crippen LogP contribution is 2.44. The third-order valence-corrected chi connectivity index (χ3v) is 7.53. The van der Waals surface area contributed by atoms with Crippen LogP contribution >= 0.6 is 23.3 Å². The Morgan fingerprint density at radius 2 is 1.94 bits per heavy atom. The average Bonchev–Trinajstić information content (AvgIpc) is 3.12. The number of hydrazine groups is 1. The largest absolute Gasteiger partial charge is 0.417 e. The number of nitrogens with zero attached hydrogens (tertiary/aromatic N) is 2. The van der Waals surface area contributed by atoms with Gasteiger partial charge in [0, 0.05) is 23.4 Å². The standard InChI is InChI=1S/C17H19F3N8OS3/c18-17(19,20)9-3-1-8(12-13(9)30-16(23)26-12)7-2-4-10(32(29)6-5-21)14(31-25)11(7)15(22)27-28-24/h1-4,28H,5-6,21,24-25H2,(H2,22,27)(H2,23,26). The third kappa shape index (κ3) is 4.53. The number of hydrogen-bond acceptors (Lipinski definition) is 10. The molecule has 0 fully saturated rings. The number of amidine groups is 1. The summed E-state index contributed by atoms with van der Waals surface area (Å²) in [4.78, 5) is 4.79. The molecule has 1 aromatic heterocycles. The van der Waals surface area contributed by atoms with Gasteiger partial charge < -0.3 is 17.2 Å². The van der Waals surface area contributed by atoms with Crippen molar-refractivity contribution in [1.29, 1.82) is 0 Å². The Morgan fingerprint density at radius 1 is 1.25 bits per heavy atom. The van der Waals surface area contributed by atoms with Gasteiger partial charge in [0.25, 0.3) is 0 Å². The van der Waals surface area contributed by atoms with Crippen molar-refractivity contribution < 1.29 is 17.4 Å². The smallest absolute Gasteiger partial charge is 0.382 e. The summed E-state index contributed by atoms with van der Waals surface area (Å²) in [6, 6.07) is 5.34. The van der Waals surface area contributed by atoms with E-state index in [9.17, 15) is 17.4 Å². The second-order valence-electron chi connectivity index (χ2n) is 6.29. The predicted octanol–water partition coefficient (Wildman–Crippen LogP) is 1.68. The summed E-state index contributed by atoms with van der Waals surface area (Å²) in [7, 11) is -1.50. The van der Waals surface area contributed by atoms with Gasteiger partial charge in [-0.3, -0.25) is 9.35 Å². The second-order valence-corrected chi connectivity index (χ2v) is 9.50. The fourth-order valence-electron chi connectivity index (χ4n) is 3.14. The molecule has 9 nitrogen and oxygen atoms in total. The Balaban J connectivity index is 2.39. The summed E-state index contributed by atoms with van der Waals surface area (Å²) in [5.74, 6) is 5.33. The molecule has 0 bridgehead atoms. The first-order valence-corrected chi connectivity index (χ1v) is 11.8. The van der Waals surface area contributed by atoms with E-state index in [4.69, 9.17) is 28.2 Å². The molecule has 0 saturated carbocycles. The van der Waals surface area contributed by atoms with Gasteiger partial charge in [0.1, 0.15) is 0 Å². The highest BCUT2D eigenvalue weighted by Gasteiger charge is 2.35. The van der Waals surface area contributed by atoms with E-state index in [-0.39, 0.29) is 39.0 Å². The van der Waals surface area contributed by atoms with E-state index >= 15 is 0 Å². The zero-order valence-electron chi connectivity index (χ0n) is 16.3. The summed E-state index contributed by atoms with van der Waals surface area (Å²) in [6.45, 7) is 0.171. The van der Waals surface area contributed by atoms with Crippen LogP contribution in [0.3, 0.4) is 0 Å². The highest BCUT2D eigenvalue weighted by atomic mass is 32.2. The molecule has 0 saturated heterocycles. The molecular weight excluding hydrogens is 485 g/mol. The van der Waals surface area contributed by atoms with E-state index in [0.717, 1.165) is 29.4 Å². The maximum atomic E-state index is 13.5. The summed E-state index contributed by atoms with van der Waals surface area (Å²) in [6.07, 6.45) is -4.59. The van der Waals surface area contributed by atoms with Gasteiger partial charge in [0.05, 0.1) is 36.4 Å². The lowest BCUT2D eigenvalue weighted by molar-refractivity contribution is -0.136. The number of hydrazone groups is 1. The third-order valence-electron chi connectivity index (χ3n) is 4.38. The molecule has 15 heteroatoms. The highest BCUT2D eigenvalue weighted by molar-refractivity contribution is 7.97. The molecule has 11 N–H and O–H groups in total. The first kappa shape index (κ1) is 24.2. The Labute approximate surface area is 191 Å². The van der Waals surface area contributed by atoms with Crippen molar-refractivity contribution in [3.63, 3.8) is 0 Å². The number of nitrogens with two attached hydrogens (primary N) is 5. The van der Waals surface area contributed by atoms with Crippen molar-refractivity contribution >= 4 is 55.3 Å². The van der Waals surface area contributed by atoms with Gasteiger partial charge in [-0.05, 0) is 29.6 Å². The first-order chi connectivity index (χ1) is 15.1. The van der Waals surface area contributed by atoms with E-state index in [0.29, 0.717) is 20.9 Å². The fraction of sp³-hybridized carbons (Fsp3) is 0.176. The van der Waals surface area contributed by atoms with Crippen LogP contribution < -0.4 is 33.7 Å².